The van der Waals surface area contributed by atoms with Gasteiger partial charge in [0.1, 0.15) is 5.82 Å². The lowest BCUT2D eigenvalue weighted by molar-refractivity contribution is 0.0942. The summed E-state index contributed by atoms with van der Waals surface area (Å²) in [4.78, 5) is 31.0. The first-order valence-electron chi connectivity index (χ1n) is 8.01. The molecule has 1 fully saturated rings. The molecule has 2 aromatic rings. The normalized spacial score (nSPS) is 17.4. The number of carbonyl (C=O) groups is 1. The minimum absolute atomic E-state index is 0.0349. The van der Waals surface area contributed by atoms with E-state index in [4.69, 9.17) is 0 Å². The first-order chi connectivity index (χ1) is 11.6. The quantitative estimate of drug-likeness (QED) is 0.666. The maximum atomic E-state index is 12.3. The zero-order valence-electron chi connectivity index (χ0n) is 13.2. The molecule has 1 unspecified atom stereocenters. The van der Waals surface area contributed by atoms with Gasteiger partial charge in [-0.15, -0.1) is 0 Å². The van der Waals surface area contributed by atoms with Crippen LogP contribution in [0.2, 0.25) is 0 Å². The molecular weight excluding hydrogens is 308 g/mol. The van der Waals surface area contributed by atoms with Crippen LogP contribution in [0.3, 0.4) is 0 Å². The van der Waals surface area contributed by atoms with Crippen molar-refractivity contribution in [3.8, 4) is 5.75 Å². The van der Waals surface area contributed by atoms with Gasteiger partial charge in [0.25, 0.3) is 11.5 Å². The summed E-state index contributed by atoms with van der Waals surface area (Å²) in [5.41, 5.74) is 0.0116. The molecule has 4 N–H and O–H groups in total. The molecule has 1 aromatic carbocycles. The summed E-state index contributed by atoms with van der Waals surface area (Å²) >= 11 is 0. The van der Waals surface area contributed by atoms with Gasteiger partial charge < -0.3 is 20.7 Å². The topological polar surface area (TPSA) is 107 Å². The number of rotatable bonds is 4. The molecule has 0 spiro atoms. The van der Waals surface area contributed by atoms with E-state index in [0.717, 1.165) is 24.9 Å². The van der Waals surface area contributed by atoms with Crippen molar-refractivity contribution in [3.05, 3.63) is 57.8 Å². The molecule has 7 heteroatoms. The molecule has 1 atom stereocenters. The van der Waals surface area contributed by atoms with E-state index in [1.54, 1.807) is 0 Å². The third kappa shape index (κ3) is 3.62. The lowest BCUT2D eigenvalue weighted by Gasteiger charge is -2.22. The zero-order valence-corrected chi connectivity index (χ0v) is 13.2. The second-order valence-corrected chi connectivity index (χ2v) is 5.86. The molecule has 126 valence electrons. The van der Waals surface area contributed by atoms with Crippen LogP contribution in [0.4, 0.5) is 0 Å². The number of nitrogens with zero attached hydrogens (tertiary/aromatic N) is 1. The van der Waals surface area contributed by atoms with Gasteiger partial charge in [-0.2, -0.15) is 0 Å². The number of nitrogens with one attached hydrogen (secondary N) is 3. The largest absolute Gasteiger partial charge is 0.501 e. The average molecular weight is 328 g/mol. The van der Waals surface area contributed by atoms with Crippen LogP contribution in [-0.2, 0) is 6.54 Å². The first kappa shape index (κ1) is 16.2. The van der Waals surface area contributed by atoms with Crippen LogP contribution in [0.15, 0.2) is 35.1 Å². The predicted octanol–water partition coefficient (Wildman–Crippen LogP) is 0.873. The lowest BCUT2D eigenvalue weighted by Crippen LogP contribution is -2.32. The fourth-order valence-corrected chi connectivity index (χ4v) is 2.78. The van der Waals surface area contributed by atoms with Crippen LogP contribution in [0, 0.1) is 0 Å². The van der Waals surface area contributed by atoms with E-state index in [1.165, 1.54) is 0 Å². The van der Waals surface area contributed by atoms with Crippen molar-refractivity contribution in [2.75, 3.05) is 13.1 Å². The molecule has 3 rings (SSSR count). The Balaban J connectivity index is 1.79. The van der Waals surface area contributed by atoms with Crippen molar-refractivity contribution in [3.63, 3.8) is 0 Å². The monoisotopic (exact) mass is 328 g/mol. The van der Waals surface area contributed by atoms with E-state index in [0.29, 0.717) is 18.9 Å². The summed E-state index contributed by atoms with van der Waals surface area (Å²) in [7, 11) is 0. The molecule has 0 radical (unpaired) electrons. The molecule has 1 saturated heterocycles. The summed E-state index contributed by atoms with van der Waals surface area (Å²) < 4.78 is 0. The SMILES string of the molecule is O=C(NCc1ccccc1)c1nc(C2CCCNC2)[nH]c(=O)c1O. The molecule has 0 aliphatic carbocycles. The summed E-state index contributed by atoms with van der Waals surface area (Å²) in [6.07, 6.45) is 1.86. The van der Waals surface area contributed by atoms with Gasteiger partial charge in [0, 0.05) is 19.0 Å². The van der Waals surface area contributed by atoms with Crippen molar-refractivity contribution >= 4 is 5.91 Å². The maximum absolute atomic E-state index is 12.3. The Labute approximate surface area is 139 Å². The predicted molar refractivity (Wildman–Crippen MR) is 89.0 cm³/mol. The van der Waals surface area contributed by atoms with Crippen molar-refractivity contribution in [2.24, 2.45) is 0 Å². The second-order valence-electron chi connectivity index (χ2n) is 5.86. The molecule has 0 saturated carbocycles. The molecule has 2 heterocycles. The highest BCUT2D eigenvalue weighted by Gasteiger charge is 2.23. The Hall–Kier alpha value is -2.67. The van der Waals surface area contributed by atoms with E-state index in [-0.39, 0.29) is 11.6 Å². The van der Waals surface area contributed by atoms with Crippen LogP contribution in [0.25, 0.3) is 0 Å². The minimum Gasteiger partial charge on any atom is -0.501 e. The Morgan fingerprint density at radius 3 is 2.83 bits per heavy atom. The summed E-state index contributed by atoms with van der Waals surface area (Å²) in [6, 6.07) is 9.39. The lowest BCUT2D eigenvalue weighted by atomic mass is 9.99. The summed E-state index contributed by atoms with van der Waals surface area (Å²) in [5, 5.41) is 15.8. The molecule has 1 aromatic heterocycles. The number of amides is 1. The Morgan fingerprint density at radius 2 is 2.12 bits per heavy atom. The van der Waals surface area contributed by atoms with Crippen molar-refractivity contribution in [1.29, 1.82) is 0 Å². The van der Waals surface area contributed by atoms with E-state index in [2.05, 4.69) is 20.6 Å². The summed E-state index contributed by atoms with van der Waals surface area (Å²) in [6.45, 7) is 1.93. The number of piperidine rings is 1. The van der Waals surface area contributed by atoms with Gasteiger partial charge in [0.15, 0.2) is 5.69 Å². The molecule has 1 aliphatic rings. The van der Waals surface area contributed by atoms with Crippen LogP contribution < -0.4 is 16.2 Å². The van der Waals surface area contributed by atoms with E-state index < -0.39 is 17.2 Å². The third-order valence-electron chi connectivity index (χ3n) is 4.11. The number of hydrogen-bond donors (Lipinski definition) is 4. The molecule has 7 nitrogen and oxygen atoms in total. The number of aromatic amines is 1. The van der Waals surface area contributed by atoms with Gasteiger partial charge >= 0.3 is 0 Å². The fourth-order valence-electron chi connectivity index (χ4n) is 2.78. The molecular formula is C17H20N4O3. The number of aromatic nitrogens is 2. The number of carbonyl (C=O) groups excluding carboxylic acids is 1. The van der Waals surface area contributed by atoms with Gasteiger partial charge in [0.05, 0.1) is 0 Å². The Kier molecular flexibility index (Phi) is 4.90. The number of H-pyrrole nitrogens is 1. The van der Waals surface area contributed by atoms with Gasteiger partial charge in [-0.25, -0.2) is 4.98 Å². The van der Waals surface area contributed by atoms with Crippen LogP contribution in [-0.4, -0.2) is 34.1 Å². The van der Waals surface area contributed by atoms with E-state index >= 15 is 0 Å². The molecule has 1 aliphatic heterocycles. The highest BCUT2D eigenvalue weighted by Crippen LogP contribution is 2.20. The van der Waals surface area contributed by atoms with Crippen LogP contribution in [0.5, 0.6) is 5.75 Å². The molecule has 24 heavy (non-hydrogen) atoms. The fraction of sp³-hybridized carbons (Fsp3) is 0.353. The second kappa shape index (κ2) is 7.27. The van der Waals surface area contributed by atoms with Gasteiger partial charge in [-0.05, 0) is 24.9 Å². The highest BCUT2D eigenvalue weighted by atomic mass is 16.3. The van der Waals surface area contributed by atoms with Crippen molar-refractivity contribution < 1.29 is 9.90 Å². The maximum Gasteiger partial charge on any atom is 0.293 e. The highest BCUT2D eigenvalue weighted by molar-refractivity contribution is 5.94. The van der Waals surface area contributed by atoms with Crippen LogP contribution >= 0.6 is 0 Å². The van der Waals surface area contributed by atoms with Crippen molar-refractivity contribution in [1.82, 2.24) is 20.6 Å². The van der Waals surface area contributed by atoms with E-state index in [1.807, 2.05) is 30.3 Å². The van der Waals surface area contributed by atoms with Gasteiger partial charge in [0.2, 0.25) is 5.75 Å². The molecule has 1 amide bonds. The third-order valence-corrected chi connectivity index (χ3v) is 4.11. The Bertz CT molecular complexity index is 767. The Morgan fingerprint density at radius 1 is 1.33 bits per heavy atom. The van der Waals surface area contributed by atoms with Gasteiger partial charge in [-0.3, -0.25) is 9.59 Å². The van der Waals surface area contributed by atoms with E-state index in [9.17, 15) is 14.7 Å². The summed E-state index contributed by atoms with van der Waals surface area (Å²) in [5.74, 6) is -0.733. The average Bonchev–Trinajstić information content (AvgIpc) is 2.63. The number of benzene rings is 1. The first-order valence-corrected chi connectivity index (χ1v) is 8.01. The van der Waals surface area contributed by atoms with Crippen molar-refractivity contribution in [2.45, 2.75) is 25.3 Å². The standard InChI is InChI=1S/C17H20N4O3/c22-14-13(16(23)19-9-11-5-2-1-3-6-11)20-15(21-17(14)24)12-7-4-8-18-10-12/h1-3,5-6,12,18,22H,4,7-10H2,(H,19,23)(H,20,21,24). The molecule has 0 bridgehead atoms. The number of aromatic hydroxyl groups is 1. The number of hydrogen-bond acceptors (Lipinski definition) is 5. The van der Waals surface area contributed by atoms with Gasteiger partial charge in [-0.1, -0.05) is 30.3 Å². The zero-order chi connectivity index (χ0) is 16.9. The van der Waals surface area contributed by atoms with Crippen LogP contribution in [0.1, 0.15) is 40.6 Å². The smallest absolute Gasteiger partial charge is 0.293 e. The minimum atomic E-state index is -0.685.